The minimum atomic E-state index is -0.957. The van der Waals surface area contributed by atoms with Gasteiger partial charge < -0.3 is 5.11 Å². The van der Waals surface area contributed by atoms with E-state index in [2.05, 4.69) is 4.98 Å². The number of nitrogens with zero attached hydrogens (tertiary/aromatic N) is 1. The third kappa shape index (κ3) is 4.71. The minimum Gasteiger partial charge on any atom is -0.481 e. The smallest absolute Gasteiger partial charge is 0.307 e. The number of ketones is 1. The molecule has 2 rings (SSSR count). The Morgan fingerprint density at radius 2 is 1.88 bits per heavy atom. The van der Waals surface area contributed by atoms with Gasteiger partial charge in [-0.05, 0) is 29.7 Å². The summed E-state index contributed by atoms with van der Waals surface area (Å²) in [6.07, 6.45) is 0.0970. The van der Waals surface area contributed by atoms with Crippen molar-refractivity contribution in [2.45, 2.75) is 33.6 Å². The fourth-order valence-electron chi connectivity index (χ4n) is 2.38. The molecule has 6 heteroatoms. The fourth-order valence-corrected chi connectivity index (χ4v) is 3.20. The summed E-state index contributed by atoms with van der Waals surface area (Å²) in [5, 5.41) is 11.8. The number of thiazole rings is 1. The van der Waals surface area contributed by atoms with Crippen molar-refractivity contribution in [1.29, 1.82) is 0 Å². The van der Waals surface area contributed by atoms with Crippen molar-refractivity contribution in [3.05, 3.63) is 41.2 Å². The Morgan fingerprint density at radius 3 is 2.42 bits per heavy atom. The summed E-state index contributed by atoms with van der Waals surface area (Å²) < 4.78 is 13.0. The molecule has 2 aromatic rings. The number of rotatable bonds is 6. The summed E-state index contributed by atoms with van der Waals surface area (Å²) in [5.41, 5.74) is 0.920. The van der Waals surface area contributed by atoms with E-state index in [0.29, 0.717) is 10.7 Å². The molecule has 1 N–H and O–H groups in total. The van der Waals surface area contributed by atoms with E-state index in [-0.39, 0.29) is 24.4 Å². The first-order valence-electron chi connectivity index (χ1n) is 7.61. The lowest BCUT2D eigenvalue weighted by molar-refractivity contribution is -0.147. The van der Waals surface area contributed by atoms with Gasteiger partial charge in [0.15, 0.2) is 0 Å². The molecule has 0 fully saturated rings. The molecule has 0 spiro atoms. The highest BCUT2D eigenvalue weighted by molar-refractivity contribution is 7.13. The summed E-state index contributed by atoms with van der Waals surface area (Å²) in [6, 6.07) is 6.00. The van der Waals surface area contributed by atoms with E-state index in [1.165, 1.54) is 23.5 Å². The van der Waals surface area contributed by atoms with Gasteiger partial charge in [-0.2, -0.15) is 0 Å². The molecule has 0 aliphatic rings. The van der Waals surface area contributed by atoms with E-state index in [0.717, 1.165) is 5.56 Å². The largest absolute Gasteiger partial charge is 0.481 e. The maximum atomic E-state index is 13.0. The van der Waals surface area contributed by atoms with Crippen LogP contribution in [0.5, 0.6) is 0 Å². The average molecular weight is 349 g/mol. The standard InChI is InChI=1S/C18H20FNO3S/c1-18(2,3)15(17(22)23)9-14(21)8-13-10-24-16(20-13)11-4-6-12(19)7-5-11/h4-7,10,15H,8-9H2,1-3H3,(H,22,23)/t15-/m1/s1. The second-order valence-corrected chi connectivity index (χ2v) is 7.69. The number of aromatic nitrogens is 1. The van der Waals surface area contributed by atoms with Crippen LogP contribution in [0.4, 0.5) is 4.39 Å². The monoisotopic (exact) mass is 349 g/mol. The van der Waals surface area contributed by atoms with Crippen LogP contribution in [-0.4, -0.2) is 21.8 Å². The number of carbonyl (C=O) groups is 2. The predicted octanol–water partition coefficient (Wildman–Crippen LogP) is 4.20. The normalized spacial score (nSPS) is 12.8. The Kier molecular flexibility index (Phi) is 5.49. The van der Waals surface area contributed by atoms with E-state index < -0.39 is 17.3 Å². The molecule has 128 valence electrons. The van der Waals surface area contributed by atoms with Gasteiger partial charge >= 0.3 is 5.97 Å². The lowest BCUT2D eigenvalue weighted by Crippen LogP contribution is -2.31. The molecular weight excluding hydrogens is 329 g/mol. The topological polar surface area (TPSA) is 67.3 Å². The van der Waals surface area contributed by atoms with Gasteiger partial charge in [0.05, 0.1) is 11.6 Å². The Hall–Kier alpha value is -2.08. The molecule has 1 aromatic carbocycles. The first-order valence-corrected chi connectivity index (χ1v) is 8.49. The highest BCUT2D eigenvalue weighted by Gasteiger charge is 2.33. The lowest BCUT2D eigenvalue weighted by atomic mass is 9.77. The molecular formula is C18H20FNO3S. The molecule has 0 aliphatic heterocycles. The zero-order valence-electron chi connectivity index (χ0n) is 13.9. The number of carboxylic acid groups (broad SMARTS) is 1. The Labute approximate surface area is 144 Å². The molecule has 0 bridgehead atoms. The molecule has 1 atom stereocenters. The zero-order chi connectivity index (χ0) is 17.9. The van der Waals surface area contributed by atoms with Crippen LogP contribution in [0.25, 0.3) is 10.6 Å². The van der Waals surface area contributed by atoms with Gasteiger partial charge in [0.2, 0.25) is 0 Å². The van der Waals surface area contributed by atoms with Crippen LogP contribution in [0.1, 0.15) is 32.9 Å². The van der Waals surface area contributed by atoms with Crippen molar-refractivity contribution < 1.29 is 19.1 Å². The number of hydrogen-bond acceptors (Lipinski definition) is 4. The van der Waals surface area contributed by atoms with E-state index >= 15 is 0 Å². The molecule has 0 aliphatic carbocycles. The summed E-state index contributed by atoms with van der Waals surface area (Å²) >= 11 is 1.38. The third-order valence-corrected chi connectivity index (χ3v) is 4.74. The van der Waals surface area contributed by atoms with Crippen LogP contribution < -0.4 is 0 Å². The number of carbonyl (C=O) groups excluding carboxylic acids is 1. The maximum absolute atomic E-state index is 13.0. The van der Waals surface area contributed by atoms with Gasteiger partial charge in [0, 0.05) is 23.8 Å². The highest BCUT2D eigenvalue weighted by Crippen LogP contribution is 2.30. The van der Waals surface area contributed by atoms with Crippen LogP contribution in [0, 0.1) is 17.2 Å². The van der Waals surface area contributed by atoms with Crippen molar-refractivity contribution in [2.75, 3.05) is 0 Å². The van der Waals surface area contributed by atoms with Crippen LogP contribution in [0.3, 0.4) is 0 Å². The van der Waals surface area contributed by atoms with Crippen molar-refractivity contribution in [3.63, 3.8) is 0 Å². The van der Waals surface area contributed by atoms with Crippen molar-refractivity contribution >= 4 is 23.1 Å². The second-order valence-electron chi connectivity index (χ2n) is 6.83. The van der Waals surface area contributed by atoms with Gasteiger partial charge in [-0.25, -0.2) is 9.37 Å². The Bertz CT molecular complexity index is 731. The molecule has 0 saturated heterocycles. The summed E-state index contributed by atoms with van der Waals surface area (Å²) in [7, 11) is 0. The van der Waals surface area contributed by atoms with Crippen LogP contribution in [0.2, 0.25) is 0 Å². The van der Waals surface area contributed by atoms with Gasteiger partial charge in [-0.3, -0.25) is 9.59 Å². The minimum absolute atomic E-state index is 0.0117. The SMILES string of the molecule is CC(C)(C)[C@H](CC(=O)Cc1csc(-c2ccc(F)cc2)n1)C(=O)O. The molecule has 1 aromatic heterocycles. The number of halogens is 1. The number of hydrogen-bond donors (Lipinski definition) is 1. The molecule has 0 amide bonds. The summed E-state index contributed by atoms with van der Waals surface area (Å²) in [5.74, 6) is -2.14. The molecule has 0 unspecified atom stereocenters. The number of aliphatic carboxylic acids is 1. The first kappa shape index (κ1) is 18.3. The van der Waals surface area contributed by atoms with Gasteiger partial charge in [-0.1, -0.05) is 20.8 Å². The number of benzene rings is 1. The molecule has 24 heavy (non-hydrogen) atoms. The van der Waals surface area contributed by atoms with Gasteiger partial charge in [0.25, 0.3) is 0 Å². The van der Waals surface area contributed by atoms with Crippen molar-refractivity contribution in [3.8, 4) is 10.6 Å². The Morgan fingerprint density at radius 1 is 1.25 bits per heavy atom. The van der Waals surface area contributed by atoms with Gasteiger partial charge in [-0.15, -0.1) is 11.3 Å². The lowest BCUT2D eigenvalue weighted by Gasteiger charge is -2.26. The quantitative estimate of drug-likeness (QED) is 0.849. The predicted molar refractivity (Wildman–Crippen MR) is 91.4 cm³/mol. The maximum Gasteiger partial charge on any atom is 0.307 e. The van der Waals surface area contributed by atoms with E-state index in [9.17, 15) is 19.1 Å². The highest BCUT2D eigenvalue weighted by atomic mass is 32.1. The molecule has 0 radical (unpaired) electrons. The average Bonchev–Trinajstić information content (AvgIpc) is 2.92. The van der Waals surface area contributed by atoms with Crippen LogP contribution in [-0.2, 0) is 16.0 Å². The van der Waals surface area contributed by atoms with Crippen molar-refractivity contribution in [2.24, 2.45) is 11.3 Å². The molecule has 4 nitrogen and oxygen atoms in total. The zero-order valence-corrected chi connectivity index (χ0v) is 14.7. The summed E-state index contributed by atoms with van der Waals surface area (Å²) in [6.45, 7) is 5.44. The van der Waals surface area contributed by atoms with E-state index in [1.807, 2.05) is 20.8 Å². The van der Waals surface area contributed by atoms with Crippen LogP contribution >= 0.6 is 11.3 Å². The molecule has 0 saturated carbocycles. The first-order chi connectivity index (χ1) is 11.2. The summed E-state index contributed by atoms with van der Waals surface area (Å²) in [4.78, 5) is 28.0. The van der Waals surface area contributed by atoms with E-state index in [4.69, 9.17) is 0 Å². The van der Waals surface area contributed by atoms with Crippen LogP contribution in [0.15, 0.2) is 29.6 Å². The number of carboxylic acids is 1. The Balaban J connectivity index is 2.05. The third-order valence-electron chi connectivity index (χ3n) is 3.80. The fraction of sp³-hybridized carbons (Fsp3) is 0.389. The number of Topliss-reactive ketones (excluding diaryl/α,β-unsaturated/α-hetero) is 1. The van der Waals surface area contributed by atoms with Crippen molar-refractivity contribution in [1.82, 2.24) is 4.98 Å². The molecule has 1 heterocycles. The van der Waals surface area contributed by atoms with E-state index in [1.54, 1.807) is 17.5 Å². The second kappa shape index (κ2) is 7.21. The van der Waals surface area contributed by atoms with Gasteiger partial charge in [0.1, 0.15) is 16.6 Å².